The van der Waals surface area contributed by atoms with Gasteiger partial charge in [0, 0.05) is 6.07 Å². The summed E-state index contributed by atoms with van der Waals surface area (Å²) in [5.41, 5.74) is -0.677. The summed E-state index contributed by atoms with van der Waals surface area (Å²) in [5, 5.41) is 9.04. The molecule has 1 aromatic carbocycles. The van der Waals surface area contributed by atoms with Crippen LogP contribution >= 0.6 is 0 Å². The van der Waals surface area contributed by atoms with Gasteiger partial charge in [0.15, 0.2) is 0 Å². The highest BCUT2D eigenvalue weighted by molar-refractivity contribution is 5.72. The molecule has 0 bridgehead atoms. The van der Waals surface area contributed by atoms with Gasteiger partial charge < -0.3 is 9.84 Å². The molecule has 1 saturated heterocycles. The van der Waals surface area contributed by atoms with Crippen molar-refractivity contribution in [1.82, 2.24) is 0 Å². The summed E-state index contributed by atoms with van der Waals surface area (Å²) in [6.07, 6.45) is 0. The maximum absolute atomic E-state index is 13.7. The predicted octanol–water partition coefficient (Wildman–Crippen LogP) is 1.95. The minimum absolute atomic E-state index is 0.142. The van der Waals surface area contributed by atoms with E-state index >= 15 is 0 Å². The van der Waals surface area contributed by atoms with Crippen molar-refractivity contribution in [3.8, 4) is 0 Å². The molecule has 0 spiro atoms. The molecule has 3 nitrogen and oxygen atoms in total. The van der Waals surface area contributed by atoms with Gasteiger partial charge in [-0.2, -0.15) is 0 Å². The van der Waals surface area contributed by atoms with Crippen LogP contribution in [0.4, 0.5) is 8.78 Å². The highest BCUT2D eigenvalue weighted by Crippen LogP contribution is 2.40. The third-order valence-electron chi connectivity index (χ3n) is 3.39. The standard InChI is InChI=1S/C12H12F2O3/c1-7(11(15)16)12(5-17-6-12)9-3-2-8(13)4-10(9)14/h2-4,7H,5-6H2,1H3,(H,15,16). The molecule has 0 aromatic heterocycles. The summed E-state index contributed by atoms with van der Waals surface area (Å²) in [6.45, 7) is 1.79. The van der Waals surface area contributed by atoms with Crippen molar-refractivity contribution < 1.29 is 23.4 Å². The second kappa shape index (κ2) is 4.07. The molecule has 1 aliphatic rings. The molecule has 0 aliphatic carbocycles. The zero-order valence-electron chi connectivity index (χ0n) is 9.24. The van der Waals surface area contributed by atoms with Crippen molar-refractivity contribution in [3.63, 3.8) is 0 Å². The predicted molar refractivity (Wildman–Crippen MR) is 55.7 cm³/mol. The number of carbonyl (C=O) groups is 1. The van der Waals surface area contributed by atoms with Crippen LogP contribution in [0.1, 0.15) is 12.5 Å². The Bertz CT molecular complexity index is 455. The van der Waals surface area contributed by atoms with Gasteiger partial charge >= 0.3 is 5.97 Å². The van der Waals surface area contributed by atoms with Crippen molar-refractivity contribution in [1.29, 1.82) is 0 Å². The van der Waals surface area contributed by atoms with Crippen LogP contribution in [0.3, 0.4) is 0 Å². The number of hydrogen-bond donors (Lipinski definition) is 1. The van der Waals surface area contributed by atoms with E-state index in [1.165, 1.54) is 13.0 Å². The van der Waals surface area contributed by atoms with Gasteiger partial charge in [-0.15, -0.1) is 0 Å². The van der Waals surface area contributed by atoms with E-state index in [1.807, 2.05) is 0 Å². The van der Waals surface area contributed by atoms with E-state index in [-0.39, 0.29) is 18.8 Å². The maximum atomic E-state index is 13.7. The fraction of sp³-hybridized carbons (Fsp3) is 0.417. The molecule has 17 heavy (non-hydrogen) atoms. The maximum Gasteiger partial charge on any atom is 0.307 e. The molecule has 2 rings (SSSR count). The number of carboxylic acids is 1. The molecule has 1 unspecified atom stereocenters. The number of aliphatic carboxylic acids is 1. The quantitative estimate of drug-likeness (QED) is 0.881. The Morgan fingerprint density at radius 1 is 1.47 bits per heavy atom. The van der Waals surface area contributed by atoms with Crippen LogP contribution in [0.2, 0.25) is 0 Å². The summed E-state index contributed by atoms with van der Waals surface area (Å²) < 4.78 is 31.6. The first-order chi connectivity index (χ1) is 7.97. The van der Waals surface area contributed by atoms with Gasteiger partial charge in [0.1, 0.15) is 11.6 Å². The molecule has 1 aromatic rings. The lowest BCUT2D eigenvalue weighted by Crippen LogP contribution is -2.54. The third-order valence-corrected chi connectivity index (χ3v) is 3.39. The van der Waals surface area contributed by atoms with Gasteiger partial charge in [-0.05, 0) is 11.6 Å². The fourth-order valence-corrected chi connectivity index (χ4v) is 2.09. The minimum Gasteiger partial charge on any atom is -0.481 e. The van der Waals surface area contributed by atoms with Crippen LogP contribution in [0, 0.1) is 17.6 Å². The number of hydrogen-bond acceptors (Lipinski definition) is 2. The molecule has 0 amide bonds. The lowest BCUT2D eigenvalue weighted by molar-refractivity contribution is -0.155. The Morgan fingerprint density at radius 2 is 2.12 bits per heavy atom. The van der Waals surface area contributed by atoms with E-state index in [9.17, 15) is 13.6 Å². The molecule has 1 aliphatic heterocycles. The molecular formula is C12H12F2O3. The smallest absolute Gasteiger partial charge is 0.307 e. The molecule has 1 heterocycles. The van der Waals surface area contributed by atoms with Crippen molar-refractivity contribution >= 4 is 5.97 Å². The summed E-state index contributed by atoms with van der Waals surface area (Å²) in [6, 6.07) is 3.20. The van der Waals surface area contributed by atoms with E-state index in [0.717, 1.165) is 12.1 Å². The monoisotopic (exact) mass is 242 g/mol. The van der Waals surface area contributed by atoms with Gasteiger partial charge in [0.2, 0.25) is 0 Å². The van der Waals surface area contributed by atoms with E-state index in [4.69, 9.17) is 9.84 Å². The van der Waals surface area contributed by atoms with Gasteiger partial charge in [0.05, 0.1) is 24.5 Å². The highest BCUT2D eigenvalue weighted by atomic mass is 19.1. The van der Waals surface area contributed by atoms with Gasteiger partial charge in [-0.25, -0.2) is 8.78 Å². The number of rotatable bonds is 3. The minimum atomic E-state index is -1.02. The van der Waals surface area contributed by atoms with Gasteiger partial charge in [-0.1, -0.05) is 13.0 Å². The lowest BCUT2D eigenvalue weighted by Gasteiger charge is -2.44. The average molecular weight is 242 g/mol. The largest absolute Gasteiger partial charge is 0.481 e. The SMILES string of the molecule is CC(C(=O)O)C1(c2ccc(F)cc2F)COC1. The molecule has 0 saturated carbocycles. The summed E-state index contributed by atoms with van der Waals surface area (Å²) >= 11 is 0. The Labute approximate surface area is 97.0 Å². The molecule has 1 N–H and O–H groups in total. The molecule has 5 heteroatoms. The van der Waals surface area contributed by atoms with Crippen molar-refractivity contribution in [2.45, 2.75) is 12.3 Å². The van der Waals surface area contributed by atoms with Crippen LogP contribution in [0.5, 0.6) is 0 Å². The first-order valence-corrected chi connectivity index (χ1v) is 5.23. The summed E-state index contributed by atoms with van der Waals surface area (Å²) in [5.74, 6) is -3.20. The zero-order valence-corrected chi connectivity index (χ0v) is 9.24. The number of ether oxygens (including phenoxy) is 1. The Balaban J connectivity index is 2.45. The Morgan fingerprint density at radius 3 is 2.53 bits per heavy atom. The highest BCUT2D eigenvalue weighted by Gasteiger charge is 2.49. The Hall–Kier alpha value is -1.49. The molecule has 0 radical (unpaired) electrons. The summed E-state index contributed by atoms with van der Waals surface area (Å²) in [7, 11) is 0. The lowest BCUT2D eigenvalue weighted by atomic mass is 9.69. The van der Waals surface area contributed by atoms with Crippen LogP contribution < -0.4 is 0 Å². The van der Waals surface area contributed by atoms with Crippen molar-refractivity contribution in [2.24, 2.45) is 5.92 Å². The van der Waals surface area contributed by atoms with E-state index in [1.54, 1.807) is 0 Å². The Kier molecular flexibility index (Phi) is 2.87. The van der Waals surface area contributed by atoms with Crippen LogP contribution in [-0.4, -0.2) is 24.3 Å². The topological polar surface area (TPSA) is 46.5 Å². The van der Waals surface area contributed by atoms with E-state index in [0.29, 0.717) is 0 Å². The second-order valence-corrected chi connectivity index (χ2v) is 4.33. The van der Waals surface area contributed by atoms with Gasteiger partial charge in [-0.3, -0.25) is 4.79 Å². The normalized spacial score (nSPS) is 19.5. The van der Waals surface area contributed by atoms with Crippen LogP contribution in [0.15, 0.2) is 18.2 Å². The van der Waals surface area contributed by atoms with Crippen LogP contribution in [-0.2, 0) is 14.9 Å². The molecule has 1 atom stereocenters. The summed E-state index contributed by atoms with van der Waals surface area (Å²) in [4.78, 5) is 11.0. The average Bonchev–Trinajstić information content (AvgIpc) is 2.19. The van der Waals surface area contributed by atoms with E-state index in [2.05, 4.69) is 0 Å². The van der Waals surface area contributed by atoms with Gasteiger partial charge in [0.25, 0.3) is 0 Å². The second-order valence-electron chi connectivity index (χ2n) is 4.33. The van der Waals surface area contributed by atoms with Crippen molar-refractivity contribution in [2.75, 3.05) is 13.2 Å². The van der Waals surface area contributed by atoms with Crippen LogP contribution in [0.25, 0.3) is 0 Å². The number of carboxylic acid groups (broad SMARTS) is 1. The first kappa shape index (κ1) is 12.0. The zero-order chi connectivity index (χ0) is 12.6. The third kappa shape index (κ3) is 1.80. The molecular weight excluding hydrogens is 230 g/mol. The fourth-order valence-electron chi connectivity index (χ4n) is 2.09. The first-order valence-electron chi connectivity index (χ1n) is 5.23. The molecule has 92 valence electrons. The number of benzene rings is 1. The number of halogens is 2. The van der Waals surface area contributed by atoms with Crippen molar-refractivity contribution in [3.05, 3.63) is 35.4 Å². The molecule has 1 fully saturated rings. The van der Waals surface area contributed by atoms with E-state index < -0.39 is 28.9 Å².